The molecule has 174 valence electrons. The zero-order valence-electron chi connectivity index (χ0n) is 18.0. The highest BCUT2D eigenvalue weighted by molar-refractivity contribution is 7.91. The van der Waals surface area contributed by atoms with Crippen LogP contribution in [0.2, 0.25) is 5.02 Å². The first-order valence-electron chi connectivity index (χ1n) is 10.0. The monoisotopic (exact) mass is 503 g/mol. The Hall–Kier alpha value is -3.35. The Bertz CT molecular complexity index is 1570. The lowest BCUT2D eigenvalue weighted by Crippen LogP contribution is -2.08. The van der Waals surface area contributed by atoms with Gasteiger partial charge in [-0.15, -0.1) is 0 Å². The quantitative estimate of drug-likeness (QED) is 0.346. The summed E-state index contributed by atoms with van der Waals surface area (Å²) in [5.74, 6) is 5.94. The molecule has 10 heteroatoms. The van der Waals surface area contributed by atoms with Crippen molar-refractivity contribution in [3.05, 3.63) is 76.6 Å². The third-order valence-electron chi connectivity index (χ3n) is 5.19. The molecule has 34 heavy (non-hydrogen) atoms. The fraction of sp³-hybridized carbons (Fsp3) is 0.167. The maximum atomic E-state index is 13.1. The molecule has 4 rings (SSSR count). The fourth-order valence-electron chi connectivity index (χ4n) is 3.36. The van der Waals surface area contributed by atoms with E-state index in [0.29, 0.717) is 21.7 Å². The molecule has 0 aliphatic carbocycles. The number of aryl methyl sites for hydroxylation is 1. The molecule has 0 radical (unpaired) electrons. The molecule has 0 amide bonds. The summed E-state index contributed by atoms with van der Waals surface area (Å²) >= 11 is 5.88. The first-order valence-corrected chi connectivity index (χ1v) is 12.1. The minimum atomic E-state index is -4.62. The van der Waals surface area contributed by atoms with E-state index in [9.17, 15) is 21.6 Å². The molecule has 0 fully saturated rings. The van der Waals surface area contributed by atoms with Crippen molar-refractivity contribution in [1.82, 2.24) is 14.5 Å². The number of hydrogen-bond acceptors (Lipinski definition) is 4. The van der Waals surface area contributed by atoms with Crippen molar-refractivity contribution in [2.75, 3.05) is 5.75 Å². The molecule has 0 atom stereocenters. The zero-order chi connectivity index (χ0) is 24.7. The second-order valence-corrected chi connectivity index (χ2v) is 10.1. The van der Waals surface area contributed by atoms with E-state index in [1.807, 2.05) is 0 Å². The molecule has 0 spiro atoms. The Labute approximate surface area is 199 Å². The van der Waals surface area contributed by atoms with Gasteiger partial charge in [0.25, 0.3) is 0 Å². The van der Waals surface area contributed by atoms with E-state index in [-0.39, 0.29) is 27.6 Å². The number of nitrogens with zero attached hydrogens (tertiary/aromatic N) is 3. The van der Waals surface area contributed by atoms with Crippen LogP contribution in [0.5, 0.6) is 0 Å². The molecule has 2 aromatic heterocycles. The molecule has 0 unspecified atom stereocenters. The predicted molar refractivity (Wildman–Crippen MR) is 124 cm³/mol. The Morgan fingerprint density at radius 1 is 1.03 bits per heavy atom. The van der Waals surface area contributed by atoms with Gasteiger partial charge in [0.1, 0.15) is 11.5 Å². The number of halogens is 4. The zero-order valence-corrected chi connectivity index (χ0v) is 19.6. The summed E-state index contributed by atoms with van der Waals surface area (Å²) in [4.78, 5) is 7.78. The molecule has 5 nitrogen and oxygen atoms in total. The number of hydrogen-bond donors (Lipinski definition) is 0. The van der Waals surface area contributed by atoms with Crippen LogP contribution in [-0.2, 0) is 23.1 Å². The van der Waals surface area contributed by atoms with Crippen molar-refractivity contribution in [3.63, 3.8) is 0 Å². The number of alkyl halides is 3. The van der Waals surface area contributed by atoms with Gasteiger partial charge in [-0.25, -0.2) is 18.4 Å². The molecule has 0 saturated heterocycles. The SMILES string of the molecule is CCS(=O)(=O)c1cc(C#Cc2ccc(Cl)cc2)ccc1-c1nc2cc(C(F)(F)F)ncc2n1C. The van der Waals surface area contributed by atoms with Gasteiger partial charge in [-0.2, -0.15) is 13.2 Å². The predicted octanol–water partition coefficient (Wildman–Crippen LogP) is 5.50. The smallest absolute Gasteiger partial charge is 0.326 e. The molecule has 0 saturated carbocycles. The topological polar surface area (TPSA) is 64.8 Å². The summed E-state index contributed by atoms with van der Waals surface area (Å²) in [7, 11) is -2.11. The highest BCUT2D eigenvalue weighted by Gasteiger charge is 2.33. The standard InChI is InChI=1S/C24H17ClF3N3O2S/c1-3-34(32,33)21-12-16(5-4-15-6-9-17(25)10-7-15)8-11-18(21)23-30-19-13-22(24(26,27)28)29-14-20(19)31(23)2/h6-14H,3H2,1-2H3. The van der Waals surface area contributed by atoms with Crippen LogP contribution >= 0.6 is 11.6 Å². The summed E-state index contributed by atoms with van der Waals surface area (Å²) in [6.45, 7) is 1.51. The van der Waals surface area contributed by atoms with Gasteiger partial charge in [-0.1, -0.05) is 30.4 Å². The highest BCUT2D eigenvalue weighted by Crippen LogP contribution is 2.33. The molecular weight excluding hydrogens is 487 g/mol. The van der Waals surface area contributed by atoms with Gasteiger partial charge in [0.05, 0.1) is 27.9 Å². The molecular formula is C24H17ClF3N3O2S. The normalized spacial score (nSPS) is 11.9. The van der Waals surface area contributed by atoms with Crippen LogP contribution in [0.3, 0.4) is 0 Å². The van der Waals surface area contributed by atoms with Crippen LogP contribution in [0.15, 0.2) is 59.6 Å². The lowest BCUT2D eigenvalue weighted by atomic mass is 10.1. The first kappa shape index (κ1) is 23.8. The van der Waals surface area contributed by atoms with Crippen LogP contribution in [0.1, 0.15) is 23.7 Å². The van der Waals surface area contributed by atoms with E-state index >= 15 is 0 Å². The second-order valence-electron chi connectivity index (χ2n) is 7.42. The number of aromatic nitrogens is 3. The van der Waals surface area contributed by atoms with Gasteiger partial charge in [0.15, 0.2) is 9.84 Å². The third-order valence-corrected chi connectivity index (χ3v) is 7.21. The number of sulfone groups is 1. The summed E-state index contributed by atoms with van der Waals surface area (Å²) in [6, 6.07) is 12.4. The van der Waals surface area contributed by atoms with E-state index in [1.54, 1.807) is 43.4 Å². The average molecular weight is 504 g/mol. The third kappa shape index (κ3) is 4.65. The molecule has 0 N–H and O–H groups in total. The van der Waals surface area contributed by atoms with Crippen LogP contribution in [0, 0.1) is 11.8 Å². The van der Waals surface area contributed by atoms with Crippen molar-refractivity contribution in [3.8, 4) is 23.2 Å². The van der Waals surface area contributed by atoms with Gasteiger partial charge in [0.2, 0.25) is 0 Å². The summed E-state index contributed by atoms with van der Waals surface area (Å²) < 4.78 is 66.6. The summed E-state index contributed by atoms with van der Waals surface area (Å²) in [6.07, 6.45) is -3.54. The Morgan fingerprint density at radius 3 is 2.32 bits per heavy atom. The number of imidazole rings is 1. The molecule has 0 bridgehead atoms. The maximum absolute atomic E-state index is 13.1. The molecule has 2 aromatic carbocycles. The van der Waals surface area contributed by atoms with Gasteiger partial charge in [-0.3, -0.25) is 0 Å². The van der Waals surface area contributed by atoms with Crippen molar-refractivity contribution in [2.24, 2.45) is 7.05 Å². The molecule has 4 aromatic rings. The van der Waals surface area contributed by atoms with E-state index in [4.69, 9.17) is 11.6 Å². The Morgan fingerprint density at radius 2 is 1.68 bits per heavy atom. The van der Waals surface area contributed by atoms with Gasteiger partial charge < -0.3 is 4.57 Å². The van der Waals surface area contributed by atoms with Crippen LogP contribution < -0.4 is 0 Å². The molecule has 0 aliphatic heterocycles. The van der Waals surface area contributed by atoms with Crippen molar-refractivity contribution in [1.29, 1.82) is 0 Å². The lowest BCUT2D eigenvalue weighted by molar-refractivity contribution is -0.141. The highest BCUT2D eigenvalue weighted by atomic mass is 35.5. The van der Waals surface area contributed by atoms with E-state index in [2.05, 4.69) is 21.8 Å². The van der Waals surface area contributed by atoms with E-state index in [1.165, 1.54) is 17.6 Å². The number of pyridine rings is 1. The fourth-order valence-corrected chi connectivity index (χ4v) is 4.60. The Balaban J connectivity index is 1.86. The number of benzene rings is 2. The van der Waals surface area contributed by atoms with Crippen LogP contribution in [0.4, 0.5) is 13.2 Å². The largest absolute Gasteiger partial charge is 0.433 e. The van der Waals surface area contributed by atoms with Crippen molar-refractivity contribution >= 4 is 32.5 Å². The number of fused-ring (bicyclic) bond motifs is 1. The first-order chi connectivity index (χ1) is 16.0. The lowest BCUT2D eigenvalue weighted by Gasteiger charge is -2.10. The maximum Gasteiger partial charge on any atom is 0.433 e. The minimum Gasteiger partial charge on any atom is -0.326 e. The van der Waals surface area contributed by atoms with E-state index in [0.717, 1.165) is 12.3 Å². The second kappa shape index (κ2) is 8.78. The molecule has 0 aliphatic rings. The van der Waals surface area contributed by atoms with Crippen LogP contribution in [0.25, 0.3) is 22.4 Å². The van der Waals surface area contributed by atoms with Crippen molar-refractivity contribution in [2.45, 2.75) is 18.0 Å². The molecule has 2 heterocycles. The van der Waals surface area contributed by atoms with Crippen LogP contribution in [-0.4, -0.2) is 28.7 Å². The van der Waals surface area contributed by atoms with Gasteiger partial charge in [0, 0.05) is 28.8 Å². The van der Waals surface area contributed by atoms with Crippen molar-refractivity contribution < 1.29 is 21.6 Å². The van der Waals surface area contributed by atoms with Gasteiger partial charge in [-0.05, 0) is 48.5 Å². The van der Waals surface area contributed by atoms with Gasteiger partial charge >= 0.3 is 6.18 Å². The minimum absolute atomic E-state index is 0.000293. The van der Waals surface area contributed by atoms with E-state index < -0.39 is 21.7 Å². The Kier molecular flexibility index (Phi) is 6.14. The number of rotatable bonds is 3. The summed E-state index contributed by atoms with van der Waals surface area (Å²) in [5.41, 5.74) is 0.771. The average Bonchev–Trinajstić information content (AvgIpc) is 3.13. The summed E-state index contributed by atoms with van der Waals surface area (Å²) in [5, 5.41) is 0.575.